The third-order valence-corrected chi connectivity index (χ3v) is 5.77. The van der Waals surface area contributed by atoms with Gasteiger partial charge in [0.2, 0.25) is 0 Å². The fraction of sp³-hybridized carbons (Fsp3) is 0.107. The minimum Gasteiger partial charge on any atom is -0.282 e. The molecule has 2 aromatic carbocycles. The first kappa shape index (κ1) is 19.9. The van der Waals surface area contributed by atoms with Crippen molar-refractivity contribution in [2.75, 3.05) is 0 Å². The van der Waals surface area contributed by atoms with Crippen LogP contribution in [0, 0.1) is 6.92 Å². The fourth-order valence-corrected chi connectivity index (χ4v) is 4.00. The number of H-pyrrole nitrogens is 1. The first-order valence-electron chi connectivity index (χ1n) is 10.9. The third kappa shape index (κ3) is 3.83. The smallest absolute Gasteiger partial charge is 0.114 e. The molecule has 3 aromatic heterocycles. The topological polar surface area (TPSA) is 54.5 Å². The molecule has 0 saturated heterocycles. The molecule has 5 aromatic rings. The van der Waals surface area contributed by atoms with E-state index in [1.807, 2.05) is 36.5 Å². The summed E-state index contributed by atoms with van der Waals surface area (Å²) in [7, 11) is 0. The van der Waals surface area contributed by atoms with Gasteiger partial charge in [0.15, 0.2) is 0 Å². The average Bonchev–Trinajstić information content (AvgIpc) is 3.25. The quantitative estimate of drug-likeness (QED) is 0.345. The van der Waals surface area contributed by atoms with Gasteiger partial charge >= 0.3 is 0 Å². The Bertz CT molecular complexity index is 1370. The highest BCUT2D eigenvalue weighted by atomic mass is 15.1. The number of hydrogen-bond donors (Lipinski definition) is 1. The average molecular weight is 417 g/mol. The molecule has 5 rings (SSSR count). The van der Waals surface area contributed by atoms with E-state index in [9.17, 15) is 0 Å². The van der Waals surface area contributed by atoms with Crippen molar-refractivity contribution < 1.29 is 0 Å². The summed E-state index contributed by atoms with van der Waals surface area (Å²) in [5, 5.41) is 7.64. The lowest BCUT2D eigenvalue weighted by Gasteiger charge is -2.09. The normalized spacial score (nSPS) is 10.9. The van der Waals surface area contributed by atoms with Crippen LogP contribution in [-0.2, 0) is 6.42 Å². The van der Waals surface area contributed by atoms with Gasteiger partial charge in [0.1, 0.15) is 5.69 Å². The summed E-state index contributed by atoms with van der Waals surface area (Å²) in [5.74, 6) is 0. The van der Waals surface area contributed by atoms with Crippen LogP contribution in [0.15, 0.2) is 91.1 Å². The molecule has 0 aliphatic heterocycles. The number of benzene rings is 2. The Morgan fingerprint density at radius 2 is 1.31 bits per heavy atom. The van der Waals surface area contributed by atoms with E-state index in [1.54, 1.807) is 0 Å². The van der Waals surface area contributed by atoms with Crippen molar-refractivity contribution in [3.05, 3.63) is 102 Å². The lowest BCUT2D eigenvalue weighted by molar-refractivity contribution is 0.969. The van der Waals surface area contributed by atoms with E-state index >= 15 is 0 Å². The summed E-state index contributed by atoms with van der Waals surface area (Å²) in [6.07, 6.45) is 2.75. The number of hydrogen-bond acceptors (Lipinski definition) is 3. The molecule has 0 aliphatic rings. The Kier molecular flexibility index (Phi) is 5.34. The van der Waals surface area contributed by atoms with Crippen molar-refractivity contribution in [1.82, 2.24) is 20.2 Å². The molecule has 32 heavy (non-hydrogen) atoms. The van der Waals surface area contributed by atoms with Gasteiger partial charge in [0.05, 0.1) is 17.1 Å². The van der Waals surface area contributed by atoms with E-state index < -0.39 is 0 Å². The molecule has 0 amide bonds. The van der Waals surface area contributed by atoms with E-state index in [0.717, 1.165) is 62.7 Å². The summed E-state index contributed by atoms with van der Waals surface area (Å²) in [6, 6.07) is 29.1. The first-order valence-corrected chi connectivity index (χ1v) is 10.9. The highest BCUT2D eigenvalue weighted by molar-refractivity contribution is 5.76. The van der Waals surface area contributed by atoms with Crippen LogP contribution in [0.4, 0.5) is 0 Å². The summed E-state index contributed by atoms with van der Waals surface area (Å²) < 4.78 is 0. The van der Waals surface area contributed by atoms with E-state index in [1.165, 1.54) is 0 Å². The molecule has 0 fully saturated rings. The molecule has 4 heteroatoms. The highest BCUT2D eigenvalue weighted by Crippen LogP contribution is 2.30. The number of pyridine rings is 2. The van der Waals surface area contributed by atoms with Crippen molar-refractivity contribution in [3.8, 4) is 45.0 Å². The molecule has 0 spiro atoms. The Morgan fingerprint density at radius 3 is 1.97 bits per heavy atom. The van der Waals surface area contributed by atoms with Crippen LogP contribution < -0.4 is 0 Å². The standard InChI is InChI=1S/C28H24N4/c1-3-24-19(2)28(32-31-24)27-15-8-14-26(30-27)23-12-7-10-21(18-23)20-9-6-11-22(17-20)25-13-4-5-16-29-25/h4-18H,3H2,1-2H3,(H,31,32). The predicted molar refractivity (Wildman–Crippen MR) is 130 cm³/mol. The van der Waals surface area contributed by atoms with E-state index in [4.69, 9.17) is 4.98 Å². The van der Waals surface area contributed by atoms with Gasteiger partial charge in [-0.3, -0.25) is 10.1 Å². The van der Waals surface area contributed by atoms with Crippen molar-refractivity contribution in [2.45, 2.75) is 20.3 Å². The zero-order valence-electron chi connectivity index (χ0n) is 18.2. The summed E-state index contributed by atoms with van der Waals surface area (Å²) in [4.78, 5) is 9.41. The molecule has 0 radical (unpaired) electrons. The monoisotopic (exact) mass is 416 g/mol. The van der Waals surface area contributed by atoms with Gasteiger partial charge in [-0.25, -0.2) is 4.98 Å². The molecule has 3 heterocycles. The van der Waals surface area contributed by atoms with Crippen LogP contribution in [0.5, 0.6) is 0 Å². The van der Waals surface area contributed by atoms with E-state index in [2.05, 4.69) is 83.6 Å². The van der Waals surface area contributed by atoms with Crippen molar-refractivity contribution in [2.24, 2.45) is 0 Å². The maximum atomic E-state index is 4.93. The summed E-state index contributed by atoms with van der Waals surface area (Å²) in [6.45, 7) is 4.23. The van der Waals surface area contributed by atoms with Crippen LogP contribution in [0.25, 0.3) is 45.0 Å². The Balaban J connectivity index is 1.51. The second-order valence-corrected chi connectivity index (χ2v) is 7.81. The fourth-order valence-electron chi connectivity index (χ4n) is 4.00. The zero-order chi connectivity index (χ0) is 21.9. The maximum Gasteiger partial charge on any atom is 0.114 e. The SMILES string of the molecule is CCc1[nH]nc(-c2cccc(-c3cccc(-c4cccc(-c5ccccn5)c4)c3)n2)c1C. The summed E-state index contributed by atoms with van der Waals surface area (Å²) >= 11 is 0. The number of aryl methyl sites for hydroxylation is 1. The third-order valence-electron chi connectivity index (χ3n) is 5.77. The molecule has 0 bridgehead atoms. The van der Waals surface area contributed by atoms with Crippen LogP contribution in [0.1, 0.15) is 18.2 Å². The van der Waals surface area contributed by atoms with Gasteiger partial charge in [0, 0.05) is 23.0 Å². The molecule has 0 unspecified atom stereocenters. The van der Waals surface area contributed by atoms with Gasteiger partial charge in [-0.2, -0.15) is 5.10 Å². The van der Waals surface area contributed by atoms with E-state index in [0.29, 0.717) is 0 Å². The molecule has 1 N–H and O–H groups in total. The summed E-state index contributed by atoms with van der Waals surface area (Å²) in [5.41, 5.74) is 10.5. The van der Waals surface area contributed by atoms with Crippen LogP contribution >= 0.6 is 0 Å². The second-order valence-electron chi connectivity index (χ2n) is 7.81. The van der Waals surface area contributed by atoms with Crippen LogP contribution in [-0.4, -0.2) is 20.2 Å². The van der Waals surface area contributed by atoms with Crippen molar-refractivity contribution in [3.63, 3.8) is 0 Å². The zero-order valence-corrected chi connectivity index (χ0v) is 18.2. The molecule has 0 aliphatic carbocycles. The molecule has 0 saturated carbocycles. The highest BCUT2D eigenvalue weighted by Gasteiger charge is 2.12. The van der Waals surface area contributed by atoms with Gasteiger partial charge in [0.25, 0.3) is 0 Å². The lowest BCUT2D eigenvalue weighted by Crippen LogP contribution is -1.91. The van der Waals surface area contributed by atoms with E-state index in [-0.39, 0.29) is 0 Å². The Hall–Kier alpha value is -4.05. The molecular weight excluding hydrogens is 392 g/mol. The minimum absolute atomic E-state index is 0.888. The Labute approximate surface area is 188 Å². The first-order chi connectivity index (χ1) is 15.7. The Morgan fingerprint density at radius 1 is 0.688 bits per heavy atom. The van der Waals surface area contributed by atoms with Crippen LogP contribution in [0.2, 0.25) is 0 Å². The predicted octanol–water partition coefficient (Wildman–Crippen LogP) is 6.74. The van der Waals surface area contributed by atoms with Crippen molar-refractivity contribution >= 4 is 0 Å². The largest absolute Gasteiger partial charge is 0.282 e. The number of aromatic amines is 1. The molecule has 4 nitrogen and oxygen atoms in total. The van der Waals surface area contributed by atoms with Gasteiger partial charge < -0.3 is 0 Å². The van der Waals surface area contributed by atoms with Crippen molar-refractivity contribution in [1.29, 1.82) is 0 Å². The number of aromatic nitrogens is 4. The second kappa shape index (κ2) is 8.60. The molecule has 156 valence electrons. The minimum atomic E-state index is 0.888. The number of rotatable bonds is 5. The van der Waals surface area contributed by atoms with Gasteiger partial charge in [-0.05, 0) is 66.4 Å². The lowest BCUT2D eigenvalue weighted by atomic mass is 9.98. The number of nitrogens with zero attached hydrogens (tertiary/aromatic N) is 3. The van der Waals surface area contributed by atoms with Crippen LogP contribution in [0.3, 0.4) is 0 Å². The maximum absolute atomic E-state index is 4.93. The molecule has 0 atom stereocenters. The van der Waals surface area contributed by atoms with Gasteiger partial charge in [-0.1, -0.05) is 55.5 Å². The molecular formula is C28H24N4. The van der Waals surface area contributed by atoms with Gasteiger partial charge in [-0.15, -0.1) is 0 Å². The number of nitrogens with one attached hydrogen (secondary N) is 1.